The summed E-state index contributed by atoms with van der Waals surface area (Å²) in [6, 6.07) is 14.8. The SMILES string of the molecule is O=C1NC(CCc2cccc3ccccc23)=NC12CCNCC2. The van der Waals surface area contributed by atoms with Gasteiger partial charge in [0.1, 0.15) is 11.4 Å². The third kappa shape index (κ3) is 2.63. The zero-order valence-electron chi connectivity index (χ0n) is 13.1. The molecule has 118 valence electrons. The van der Waals surface area contributed by atoms with Crippen LogP contribution in [0.2, 0.25) is 0 Å². The molecule has 4 rings (SSSR count). The zero-order chi connectivity index (χ0) is 15.7. The molecule has 4 heteroatoms. The maximum absolute atomic E-state index is 12.3. The molecule has 0 saturated carbocycles. The smallest absolute Gasteiger partial charge is 0.253 e. The summed E-state index contributed by atoms with van der Waals surface area (Å²) in [7, 11) is 0. The number of nitrogens with one attached hydrogen (secondary N) is 2. The van der Waals surface area contributed by atoms with Gasteiger partial charge < -0.3 is 10.6 Å². The third-order valence-electron chi connectivity index (χ3n) is 4.97. The van der Waals surface area contributed by atoms with Crippen LogP contribution in [-0.2, 0) is 11.2 Å². The molecule has 2 aliphatic heterocycles. The Hall–Kier alpha value is -2.20. The molecule has 2 heterocycles. The Bertz CT molecular complexity index is 770. The second kappa shape index (κ2) is 5.78. The number of carbonyl (C=O) groups excluding carboxylic acids is 1. The highest BCUT2D eigenvalue weighted by Crippen LogP contribution is 2.28. The van der Waals surface area contributed by atoms with Gasteiger partial charge in [0, 0.05) is 6.42 Å². The minimum absolute atomic E-state index is 0.0897. The van der Waals surface area contributed by atoms with E-state index >= 15 is 0 Å². The van der Waals surface area contributed by atoms with Crippen LogP contribution in [0.3, 0.4) is 0 Å². The van der Waals surface area contributed by atoms with Gasteiger partial charge in [-0.2, -0.15) is 0 Å². The van der Waals surface area contributed by atoms with Crippen LogP contribution in [-0.4, -0.2) is 30.4 Å². The number of aryl methyl sites for hydroxylation is 1. The molecular weight excluding hydrogens is 286 g/mol. The molecule has 1 saturated heterocycles. The van der Waals surface area contributed by atoms with Crippen LogP contribution >= 0.6 is 0 Å². The first-order chi connectivity index (χ1) is 11.3. The lowest BCUT2D eigenvalue weighted by Gasteiger charge is -2.28. The van der Waals surface area contributed by atoms with Gasteiger partial charge >= 0.3 is 0 Å². The van der Waals surface area contributed by atoms with E-state index in [9.17, 15) is 4.79 Å². The van der Waals surface area contributed by atoms with E-state index in [1.54, 1.807) is 0 Å². The summed E-state index contributed by atoms with van der Waals surface area (Å²) in [5.41, 5.74) is 0.811. The predicted molar refractivity (Wildman–Crippen MR) is 92.7 cm³/mol. The third-order valence-corrected chi connectivity index (χ3v) is 4.97. The van der Waals surface area contributed by atoms with Crippen LogP contribution in [0.1, 0.15) is 24.8 Å². The Morgan fingerprint density at radius 3 is 2.65 bits per heavy atom. The fraction of sp³-hybridized carbons (Fsp3) is 0.368. The molecule has 2 aliphatic rings. The Morgan fingerprint density at radius 1 is 1.00 bits per heavy atom. The van der Waals surface area contributed by atoms with Gasteiger partial charge in [0.05, 0.1) is 0 Å². The monoisotopic (exact) mass is 307 g/mol. The number of aliphatic imine (C=N–C) groups is 1. The summed E-state index contributed by atoms with van der Waals surface area (Å²) in [5, 5.41) is 8.87. The first-order valence-electron chi connectivity index (χ1n) is 8.34. The van der Waals surface area contributed by atoms with Crippen molar-refractivity contribution in [2.24, 2.45) is 4.99 Å². The summed E-state index contributed by atoms with van der Waals surface area (Å²) < 4.78 is 0. The molecule has 1 fully saturated rings. The van der Waals surface area contributed by atoms with Crippen molar-refractivity contribution in [3.8, 4) is 0 Å². The zero-order valence-corrected chi connectivity index (χ0v) is 13.1. The van der Waals surface area contributed by atoms with Crippen LogP contribution in [0.4, 0.5) is 0 Å². The summed E-state index contributed by atoms with van der Waals surface area (Å²) >= 11 is 0. The fourth-order valence-corrected chi connectivity index (χ4v) is 3.65. The molecule has 23 heavy (non-hydrogen) atoms. The molecule has 0 atom stereocenters. The lowest BCUT2D eigenvalue weighted by Crippen LogP contribution is -2.47. The van der Waals surface area contributed by atoms with E-state index in [0.29, 0.717) is 0 Å². The summed E-state index contributed by atoms with van der Waals surface area (Å²) in [6.07, 6.45) is 3.29. The number of benzene rings is 2. The van der Waals surface area contributed by atoms with Crippen molar-refractivity contribution >= 4 is 22.5 Å². The van der Waals surface area contributed by atoms with Crippen LogP contribution in [0, 0.1) is 0 Å². The second-order valence-corrected chi connectivity index (χ2v) is 6.43. The van der Waals surface area contributed by atoms with Gasteiger partial charge in [-0.3, -0.25) is 9.79 Å². The standard InChI is InChI=1S/C19H21N3O/c23-18-19(10-12-20-13-11-19)22-17(21-18)9-8-15-6-3-5-14-4-1-2-7-16(14)15/h1-7,20H,8-13H2,(H,21,22,23). The van der Waals surface area contributed by atoms with Gasteiger partial charge in [-0.15, -0.1) is 0 Å². The van der Waals surface area contributed by atoms with Crippen molar-refractivity contribution in [3.05, 3.63) is 48.0 Å². The first kappa shape index (κ1) is 14.4. The van der Waals surface area contributed by atoms with E-state index < -0.39 is 5.54 Å². The Morgan fingerprint density at radius 2 is 1.78 bits per heavy atom. The molecule has 2 N–H and O–H groups in total. The van der Waals surface area contributed by atoms with E-state index in [2.05, 4.69) is 53.1 Å². The van der Waals surface area contributed by atoms with E-state index in [1.807, 2.05) is 0 Å². The lowest BCUT2D eigenvalue weighted by atomic mass is 9.89. The minimum atomic E-state index is -0.501. The average Bonchev–Trinajstić information content (AvgIpc) is 2.89. The van der Waals surface area contributed by atoms with Crippen molar-refractivity contribution in [1.82, 2.24) is 10.6 Å². The summed E-state index contributed by atoms with van der Waals surface area (Å²) in [6.45, 7) is 1.74. The molecule has 2 aromatic carbocycles. The van der Waals surface area contributed by atoms with Crippen LogP contribution in [0.15, 0.2) is 47.5 Å². The van der Waals surface area contributed by atoms with E-state index in [-0.39, 0.29) is 5.91 Å². The molecule has 0 radical (unpaired) electrons. The van der Waals surface area contributed by atoms with Crippen LogP contribution in [0.25, 0.3) is 10.8 Å². The highest BCUT2D eigenvalue weighted by Gasteiger charge is 2.43. The number of amidine groups is 1. The highest BCUT2D eigenvalue weighted by molar-refractivity contribution is 6.08. The van der Waals surface area contributed by atoms with Gasteiger partial charge in [-0.25, -0.2) is 0 Å². The minimum Gasteiger partial charge on any atom is -0.317 e. The van der Waals surface area contributed by atoms with E-state index in [1.165, 1.54) is 16.3 Å². The number of amides is 1. The Labute approximate surface area is 136 Å². The molecule has 2 aromatic rings. The summed E-state index contributed by atoms with van der Waals surface area (Å²) in [4.78, 5) is 17.1. The Kier molecular flexibility index (Phi) is 3.62. The van der Waals surface area contributed by atoms with Crippen molar-refractivity contribution in [2.45, 2.75) is 31.2 Å². The normalized spacial score (nSPS) is 19.8. The highest BCUT2D eigenvalue weighted by atomic mass is 16.2. The van der Waals surface area contributed by atoms with Crippen molar-refractivity contribution < 1.29 is 4.79 Å². The number of carbonyl (C=O) groups is 1. The predicted octanol–water partition coefficient (Wildman–Crippen LogP) is 2.42. The topological polar surface area (TPSA) is 53.5 Å². The van der Waals surface area contributed by atoms with Crippen LogP contribution < -0.4 is 10.6 Å². The molecular formula is C19H21N3O. The molecule has 1 spiro atoms. The number of nitrogens with zero attached hydrogens (tertiary/aromatic N) is 1. The van der Waals surface area contributed by atoms with Crippen molar-refractivity contribution in [2.75, 3.05) is 13.1 Å². The van der Waals surface area contributed by atoms with Crippen molar-refractivity contribution in [3.63, 3.8) is 0 Å². The maximum Gasteiger partial charge on any atom is 0.253 e. The number of rotatable bonds is 3. The van der Waals surface area contributed by atoms with Gasteiger partial charge in [0.2, 0.25) is 0 Å². The molecule has 0 aliphatic carbocycles. The first-order valence-corrected chi connectivity index (χ1v) is 8.34. The molecule has 0 aromatic heterocycles. The van der Waals surface area contributed by atoms with Crippen molar-refractivity contribution in [1.29, 1.82) is 0 Å². The number of fused-ring (bicyclic) bond motifs is 1. The van der Waals surface area contributed by atoms with E-state index in [4.69, 9.17) is 4.99 Å². The fourth-order valence-electron chi connectivity index (χ4n) is 3.65. The maximum atomic E-state index is 12.3. The summed E-state index contributed by atoms with van der Waals surface area (Å²) in [5.74, 6) is 0.941. The second-order valence-electron chi connectivity index (χ2n) is 6.43. The average molecular weight is 307 g/mol. The quantitative estimate of drug-likeness (QED) is 0.915. The number of hydrogen-bond donors (Lipinski definition) is 2. The van der Waals surface area contributed by atoms with E-state index in [0.717, 1.165) is 44.6 Å². The Balaban J connectivity index is 1.53. The van der Waals surface area contributed by atoms with Crippen LogP contribution in [0.5, 0.6) is 0 Å². The molecule has 4 nitrogen and oxygen atoms in total. The lowest BCUT2D eigenvalue weighted by molar-refractivity contribution is -0.124. The van der Waals surface area contributed by atoms with Gasteiger partial charge in [0.15, 0.2) is 0 Å². The van der Waals surface area contributed by atoms with Gasteiger partial charge in [-0.05, 0) is 48.7 Å². The number of piperidine rings is 1. The number of hydrogen-bond acceptors (Lipinski definition) is 3. The molecule has 1 amide bonds. The van der Waals surface area contributed by atoms with Gasteiger partial charge in [0.25, 0.3) is 5.91 Å². The molecule has 0 unspecified atom stereocenters. The van der Waals surface area contributed by atoms with Gasteiger partial charge in [-0.1, -0.05) is 42.5 Å². The largest absolute Gasteiger partial charge is 0.317 e. The molecule has 0 bridgehead atoms.